The van der Waals surface area contributed by atoms with Gasteiger partial charge < -0.3 is 25.1 Å². The summed E-state index contributed by atoms with van der Waals surface area (Å²) in [6.07, 6.45) is 7.04. The summed E-state index contributed by atoms with van der Waals surface area (Å²) in [5, 5.41) is 4.00. The van der Waals surface area contributed by atoms with E-state index in [1.165, 1.54) is 25.3 Å². The van der Waals surface area contributed by atoms with Crippen LogP contribution in [0.5, 0.6) is 5.75 Å². The molecule has 1 saturated carbocycles. The number of carbonyl (C=O) groups is 2. The fraction of sp³-hybridized carbons (Fsp3) is 0.710. The highest BCUT2D eigenvalue weighted by Gasteiger charge is 2.42. The summed E-state index contributed by atoms with van der Waals surface area (Å²) >= 11 is 0. The van der Waals surface area contributed by atoms with Crippen LogP contribution in [-0.4, -0.2) is 85.5 Å². The molecule has 4 rings (SSSR count). The largest absolute Gasteiger partial charge is 0.493 e. The number of benzene rings is 1. The van der Waals surface area contributed by atoms with Crippen molar-refractivity contribution in [3.8, 4) is 5.75 Å². The number of ether oxygens (including phenoxy) is 1. The van der Waals surface area contributed by atoms with Gasteiger partial charge in [0, 0.05) is 58.2 Å². The number of piperidine rings is 1. The van der Waals surface area contributed by atoms with E-state index in [0.717, 1.165) is 50.1 Å². The SMILES string of the molecule is CC(C)C(N)=NOCN1CCC(C2CC2CCCOc2ccc(CC(=O)N(C)CC3CCC(=O)N3C)c(F)c2)CC1. The number of likely N-dealkylation sites (N-methyl/N-ethyl adjacent to an activating group) is 2. The summed E-state index contributed by atoms with van der Waals surface area (Å²) in [6, 6.07) is 4.79. The maximum Gasteiger partial charge on any atom is 0.226 e. The summed E-state index contributed by atoms with van der Waals surface area (Å²) in [5.74, 6) is 3.11. The van der Waals surface area contributed by atoms with Gasteiger partial charge in [-0.1, -0.05) is 25.1 Å². The van der Waals surface area contributed by atoms with Crippen LogP contribution in [0.3, 0.4) is 0 Å². The molecular formula is C31H48FN5O4. The minimum Gasteiger partial charge on any atom is -0.493 e. The first-order valence-electron chi connectivity index (χ1n) is 15.2. The van der Waals surface area contributed by atoms with E-state index in [2.05, 4.69) is 10.1 Å². The van der Waals surface area contributed by atoms with E-state index in [1.807, 2.05) is 13.8 Å². The Bertz CT molecular complexity index is 1070. The van der Waals surface area contributed by atoms with E-state index >= 15 is 0 Å². The number of halogens is 1. The normalized spacial score (nSPS) is 23.8. The maximum absolute atomic E-state index is 14.7. The monoisotopic (exact) mass is 573 g/mol. The molecule has 2 heterocycles. The highest BCUT2D eigenvalue weighted by molar-refractivity contribution is 5.81. The van der Waals surface area contributed by atoms with E-state index in [0.29, 0.717) is 43.5 Å². The van der Waals surface area contributed by atoms with E-state index in [1.54, 1.807) is 36.0 Å². The number of hydrogen-bond acceptors (Lipinski definition) is 6. The third-order valence-electron chi connectivity index (χ3n) is 9.11. The van der Waals surface area contributed by atoms with Crippen molar-refractivity contribution in [1.82, 2.24) is 14.7 Å². The standard InChI is InChI=1S/C31H48FN5O4/c1-21(2)31(33)34-41-20-37-13-11-22(12-14-37)27-16-23(27)6-5-15-40-26-9-7-24(28(32)18-26)17-30(39)35(3)19-25-8-10-29(38)36(25)4/h7,9,18,21-23,25,27H,5-6,8,10-17,19-20H2,1-4H3,(H2,33,34). The van der Waals surface area contributed by atoms with E-state index < -0.39 is 5.82 Å². The molecule has 3 unspecified atom stereocenters. The number of nitrogens with zero attached hydrogens (tertiary/aromatic N) is 4. The van der Waals surface area contributed by atoms with Crippen molar-refractivity contribution >= 4 is 17.6 Å². The molecule has 0 aromatic heterocycles. The van der Waals surface area contributed by atoms with Crippen molar-refractivity contribution in [3.05, 3.63) is 29.6 Å². The molecule has 2 aliphatic heterocycles. The molecular weight excluding hydrogens is 525 g/mol. The van der Waals surface area contributed by atoms with Gasteiger partial charge in [0.05, 0.1) is 13.0 Å². The molecule has 10 heteroatoms. The Morgan fingerprint density at radius 1 is 1.24 bits per heavy atom. The maximum atomic E-state index is 14.7. The predicted molar refractivity (Wildman–Crippen MR) is 157 cm³/mol. The van der Waals surface area contributed by atoms with Gasteiger partial charge in [0.25, 0.3) is 0 Å². The molecule has 9 nitrogen and oxygen atoms in total. The second-order valence-electron chi connectivity index (χ2n) is 12.4. The van der Waals surface area contributed by atoms with Gasteiger partial charge in [-0.2, -0.15) is 0 Å². The lowest BCUT2D eigenvalue weighted by atomic mass is 9.90. The zero-order valence-corrected chi connectivity index (χ0v) is 25.2. The molecule has 0 bridgehead atoms. The molecule has 1 aliphatic carbocycles. The van der Waals surface area contributed by atoms with Gasteiger partial charge in [-0.05, 0) is 67.9 Å². The van der Waals surface area contributed by atoms with Gasteiger partial charge in [0.15, 0.2) is 6.73 Å². The molecule has 0 radical (unpaired) electrons. The average Bonchev–Trinajstić information content (AvgIpc) is 3.66. The first-order valence-corrected chi connectivity index (χ1v) is 15.2. The molecule has 2 N–H and O–H groups in total. The van der Waals surface area contributed by atoms with Crippen molar-refractivity contribution in [2.75, 3.05) is 47.1 Å². The summed E-state index contributed by atoms with van der Waals surface area (Å²) in [4.78, 5) is 35.4. The molecule has 3 fully saturated rings. The Hall–Kier alpha value is -2.88. The van der Waals surface area contributed by atoms with Crippen molar-refractivity contribution in [3.63, 3.8) is 0 Å². The molecule has 0 spiro atoms. The van der Waals surface area contributed by atoms with Gasteiger partial charge >= 0.3 is 0 Å². The lowest BCUT2D eigenvalue weighted by Crippen LogP contribution is -2.41. The van der Waals surface area contributed by atoms with Crippen LogP contribution >= 0.6 is 0 Å². The number of likely N-dealkylation sites (tertiary alicyclic amines) is 2. The van der Waals surface area contributed by atoms with Gasteiger partial charge in [-0.25, -0.2) is 4.39 Å². The fourth-order valence-electron chi connectivity index (χ4n) is 6.07. The van der Waals surface area contributed by atoms with Crippen molar-refractivity contribution in [1.29, 1.82) is 0 Å². The van der Waals surface area contributed by atoms with Gasteiger partial charge in [-0.3, -0.25) is 14.5 Å². The van der Waals surface area contributed by atoms with Crippen LogP contribution in [-0.2, 0) is 20.8 Å². The third kappa shape index (κ3) is 8.80. The van der Waals surface area contributed by atoms with Crippen LogP contribution in [0.2, 0.25) is 0 Å². The minimum absolute atomic E-state index is 0.0112. The molecule has 1 aromatic carbocycles. The van der Waals surface area contributed by atoms with Crippen molar-refractivity contribution < 1.29 is 23.6 Å². The Labute approximate surface area is 244 Å². The minimum atomic E-state index is -0.424. The van der Waals surface area contributed by atoms with Crippen molar-refractivity contribution in [2.24, 2.45) is 34.6 Å². The molecule has 3 aliphatic rings. The third-order valence-corrected chi connectivity index (χ3v) is 9.11. The number of oxime groups is 1. The van der Waals surface area contributed by atoms with E-state index in [4.69, 9.17) is 15.3 Å². The van der Waals surface area contributed by atoms with Crippen LogP contribution in [0.25, 0.3) is 0 Å². The number of amides is 2. The Morgan fingerprint density at radius 2 is 2.00 bits per heavy atom. The lowest BCUT2D eigenvalue weighted by molar-refractivity contribution is -0.132. The van der Waals surface area contributed by atoms with Crippen LogP contribution in [0.15, 0.2) is 23.4 Å². The summed E-state index contributed by atoms with van der Waals surface area (Å²) in [5.41, 5.74) is 6.18. The van der Waals surface area contributed by atoms with E-state index in [9.17, 15) is 14.0 Å². The smallest absolute Gasteiger partial charge is 0.226 e. The lowest BCUT2D eigenvalue weighted by Gasteiger charge is -2.31. The quantitative estimate of drug-likeness (QED) is 0.157. The highest BCUT2D eigenvalue weighted by Crippen LogP contribution is 2.50. The van der Waals surface area contributed by atoms with Crippen LogP contribution in [0.4, 0.5) is 4.39 Å². The van der Waals surface area contributed by atoms with Crippen LogP contribution in [0, 0.1) is 29.5 Å². The first-order chi connectivity index (χ1) is 19.6. The topological polar surface area (TPSA) is 101 Å². The molecule has 2 saturated heterocycles. The second-order valence-corrected chi connectivity index (χ2v) is 12.4. The van der Waals surface area contributed by atoms with Gasteiger partial charge in [0.1, 0.15) is 17.4 Å². The number of rotatable bonds is 14. The zero-order chi connectivity index (χ0) is 29.5. The van der Waals surface area contributed by atoms with E-state index in [-0.39, 0.29) is 30.2 Å². The summed E-state index contributed by atoms with van der Waals surface area (Å²) < 4.78 is 20.6. The summed E-state index contributed by atoms with van der Waals surface area (Å²) in [7, 11) is 3.48. The fourth-order valence-corrected chi connectivity index (χ4v) is 6.07. The van der Waals surface area contributed by atoms with Crippen LogP contribution < -0.4 is 10.5 Å². The molecule has 41 heavy (non-hydrogen) atoms. The molecule has 1 aromatic rings. The number of hydrogen-bond donors (Lipinski definition) is 1. The average molecular weight is 574 g/mol. The first kappa shape index (κ1) is 31.1. The van der Waals surface area contributed by atoms with Gasteiger partial charge in [-0.15, -0.1) is 0 Å². The Morgan fingerprint density at radius 3 is 2.66 bits per heavy atom. The van der Waals surface area contributed by atoms with Crippen LogP contribution in [0.1, 0.15) is 64.4 Å². The van der Waals surface area contributed by atoms with Crippen molar-refractivity contribution in [2.45, 2.75) is 71.3 Å². The Balaban J connectivity index is 1.09. The molecule has 3 atom stereocenters. The van der Waals surface area contributed by atoms with Gasteiger partial charge in [0.2, 0.25) is 11.8 Å². The number of amidine groups is 1. The Kier molecular flexibility index (Phi) is 10.9. The number of carbonyl (C=O) groups excluding carboxylic acids is 2. The molecule has 2 amide bonds. The zero-order valence-electron chi connectivity index (χ0n) is 25.2. The molecule has 228 valence electrons. The predicted octanol–water partition coefficient (Wildman–Crippen LogP) is 3.86. The highest BCUT2D eigenvalue weighted by atomic mass is 19.1. The second kappa shape index (κ2) is 14.3. The summed E-state index contributed by atoms with van der Waals surface area (Å²) in [6.45, 7) is 7.60. The number of nitrogens with two attached hydrogens (primary N) is 1.